The zero-order chi connectivity index (χ0) is 50.9. The summed E-state index contributed by atoms with van der Waals surface area (Å²) in [4.78, 5) is 5.88. The molecule has 0 saturated carbocycles. The molecule has 0 fully saturated rings. The fourth-order valence-electron chi connectivity index (χ4n) is 12.0. The van der Waals surface area contributed by atoms with Crippen LogP contribution in [0.5, 0.6) is 0 Å². The van der Waals surface area contributed by atoms with Crippen LogP contribution in [0.25, 0.3) is 11.1 Å². The van der Waals surface area contributed by atoms with Crippen molar-refractivity contribution in [1.29, 1.82) is 0 Å². The highest BCUT2D eigenvalue weighted by atomic mass is 19.4. The summed E-state index contributed by atoms with van der Waals surface area (Å²) in [6.07, 6.45) is -28.2. The summed E-state index contributed by atoms with van der Waals surface area (Å²) in [6.45, 7) is -1.24. The van der Waals surface area contributed by atoms with Gasteiger partial charge in [0.15, 0.2) is 0 Å². The van der Waals surface area contributed by atoms with Gasteiger partial charge in [-0.3, -0.25) is 0 Å². The van der Waals surface area contributed by atoms with Crippen molar-refractivity contribution in [3.05, 3.63) is 235 Å². The lowest BCUT2D eigenvalue weighted by molar-refractivity contribution is -0.162. The summed E-state index contributed by atoms with van der Waals surface area (Å²) >= 11 is 0. The maximum atomic E-state index is 16.4. The van der Waals surface area contributed by atoms with E-state index in [0.717, 1.165) is 21.3 Å². The van der Waals surface area contributed by atoms with Crippen LogP contribution in [0, 0.1) is 0 Å². The maximum Gasteiger partial charge on any atom is 0.419 e. The molecule has 0 radical (unpaired) electrons. The van der Waals surface area contributed by atoms with Gasteiger partial charge in [0.05, 0.1) is 57.2 Å². The molecule has 4 N–H and O–H groups in total. The number of fused-ring (bicyclic) bond motifs is 6. The number of nitrogens with one attached hydrogen (secondary N) is 2. The summed E-state index contributed by atoms with van der Waals surface area (Å²) < 4.78 is 198. The first-order valence-electron chi connectivity index (χ1n) is 22.7. The first kappa shape index (κ1) is 47.2. The zero-order valence-electron chi connectivity index (χ0n) is 37.2. The average molecular weight is 1000 g/mol. The van der Waals surface area contributed by atoms with E-state index in [2.05, 4.69) is 9.97 Å². The second-order valence-electron chi connectivity index (χ2n) is 18.2. The van der Waals surface area contributed by atoms with Crippen molar-refractivity contribution in [3.8, 4) is 0 Å². The molecule has 4 atom stereocenters. The Bertz CT molecular complexity index is 3280. The van der Waals surface area contributed by atoms with E-state index in [1.54, 1.807) is 0 Å². The standard InChI is InChI=1S/C54H38F12N4O2/c55-51(56,57)41-43(53(61,62)63)47-49(31-17-9-3-10-18-31)35-23-24-36(68-35)50(32-19-11-4-12-20-32)38(72)26-28-70-46(42(52(58,59)60)44(48(50)70)54(64,65)66)40(30-15-7-2-8-16-30)34-22-21-33(67-34)39(29-13-5-1-6-14-29)45(41)69(47)27-25-37(49)71/h1-24,37-38,67-68,71-72H,25-28H2. The first-order valence-corrected chi connectivity index (χ1v) is 22.7. The molecule has 0 amide bonds. The van der Waals surface area contributed by atoms with Gasteiger partial charge in [-0.05, 0) is 59.4 Å². The third kappa shape index (κ3) is 6.73. The number of nitrogens with zero attached hydrogens (tertiary/aromatic N) is 2. The molecule has 3 aliphatic rings. The molecular weight excluding hydrogens is 965 g/mol. The highest BCUT2D eigenvalue weighted by Gasteiger charge is 2.62. The second kappa shape index (κ2) is 16.2. The van der Waals surface area contributed by atoms with Crippen molar-refractivity contribution in [2.24, 2.45) is 0 Å². The van der Waals surface area contributed by atoms with Gasteiger partial charge in [0, 0.05) is 46.3 Å². The molecule has 11 rings (SSSR count). The Balaban J connectivity index is 1.50. The number of hydrogen-bond acceptors (Lipinski definition) is 2. The van der Waals surface area contributed by atoms with Gasteiger partial charge in [0.2, 0.25) is 0 Å². The normalized spacial score (nSPS) is 21.3. The molecule has 0 spiro atoms. The summed E-state index contributed by atoms with van der Waals surface area (Å²) in [7, 11) is 0. The van der Waals surface area contributed by atoms with E-state index in [4.69, 9.17) is 0 Å². The molecule has 370 valence electrons. The Morgan fingerprint density at radius 3 is 1.04 bits per heavy atom. The molecule has 0 saturated heterocycles. The summed E-state index contributed by atoms with van der Waals surface area (Å²) in [6, 6.07) is 32.4. The Kier molecular flexibility index (Phi) is 10.6. The van der Waals surface area contributed by atoms with Crippen molar-refractivity contribution in [2.75, 3.05) is 0 Å². The molecule has 8 aromatic rings. The number of H-pyrrole nitrogens is 2. The van der Waals surface area contributed by atoms with Gasteiger partial charge in [-0.25, -0.2) is 0 Å². The molecule has 6 nitrogen and oxygen atoms in total. The van der Waals surface area contributed by atoms with Gasteiger partial charge in [-0.15, -0.1) is 0 Å². The van der Waals surface area contributed by atoms with Crippen LogP contribution in [0.2, 0.25) is 0 Å². The number of alkyl halides is 12. The van der Waals surface area contributed by atoms with E-state index in [1.807, 2.05) is 0 Å². The van der Waals surface area contributed by atoms with Gasteiger partial charge in [-0.2, -0.15) is 52.7 Å². The number of halogens is 12. The first-order chi connectivity index (χ1) is 34.1. The zero-order valence-corrected chi connectivity index (χ0v) is 37.2. The Morgan fingerprint density at radius 2 is 0.722 bits per heavy atom. The lowest BCUT2D eigenvalue weighted by Gasteiger charge is -2.45. The monoisotopic (exact) mass is 1000 g/mol. The lowest BCUT2D eigenvalue weighted by Crippen LogP contribution is -2.50. The predicted molar refractivity (Wildman–Crippen MR) is 240 cm³/mol. The molecule has 3 aliphatic heterocycles. The molecule has 4 aromatic carbocycles. The van der Waals surface area contributed by atoms with Crippen molar-refractivity contribution in [3.63, 3.8) is 0 Å². The highest BCUT2D eigenvalue weighted by molar-refractivity contribution is 5.84. The Labute approximate surface area is 400 Å². The van der Waals surface area contributed by atoms with Crippen molar-refractivity contribution < 1.29 is 62.9 Å². The van der Waals surface area contributed by atoms with Crippen LogP contribution in [0.1, 0.15) is 91.5 Å². The second-order valence-corrected chi connectivity index (χ2v) is 18.2. The van der Waals surface area contributed by atoms with Gasteiger partial charge in [0.25, 0.3) is 0 Å². The largest absolute Gasteiger partial charge is 0.419 e. The Hall–Kier alpha value is -7.18. The minimum Gasteiger partial charge on any atom is -0.391 e. The summed E-state index contributed by atoms with van der Waals surface area (Å²) in [5.74, 6) is 0. The molecular formula is C54H38F12N4O2. The quantitative estimate of drug-likeness (QED) is 0.133. The van der Waals surface area contributed by atoms with E-state index in [-0.39, 0.29) is 33.0 Å². The third-order valence-corrected chi connectivity index (χ3v) is 14.5. The van der Waals surface area contributed by atoms with Crippen LogP contribution in [-0.2, 0) is 48.6 Å². The molecule has 72 heavy (non-hydrogen) atoms. The maximum absolute atomic E-state index is 16.4. The number of rotatable bonds is 4. The Morgan fingerprint density at radius 1 is 0.403 bits per heavy atom. The molecule has 12 bridgehead atoms. The number of aromatic amines is 2. The number of aliphatic hydroxyl groups excluding tert-OH is 2. The fourth-order valence-corrected chi connectivity index (χ4v) is 12.0. The summed E-state index contributed by atoms with van der Waals surface area (Å²) in [5, 5.41) is 24.6. The highest BCUT2D eigenvalue weighted by Crippen LogP contribution is 2.60. The minimum absolute atomic E-state index is 0.0663. The van der Waals surface area contributed by atoms with Crippen LogP contribution >= 0.6 is 0 Å². The number of benzene rings is 4. The number of aromatic nitrogens is 4. The lowest BCUT2D eigenvalue weighted by atomic mass is 9.66. The van der Waals surface area contributed by atoms with Gasteiger partial charge in [-0.1, -0.05) is 121 Å². The summed E-state index contributed by atoms with van der Waals surface area (Å²) in [5.41, 5.74) is -20.3. The van der Waals surface area contributed by atoms with Crippen LogP contribution in [0.15, 0.2) is 146 Å². The van der Waals surface area contributed by atoms with E-state index in [9.17, 15) is 10.2 Å². The molecule has 18 heteroatoms. The van der Waals surface area contributed by atoms with Crippen molar-refractivity contribution in [2.45, 2.75) is 73.7 Å². The van der Waals surface area contributed by atoms with E-state index in [1.165, 1.54) is 133 Å². The minimum atomic E-state index is -5.82. The van der Waals surface area contributed by atoms with E-state index in [0.29, 0.717) is 0 Å². The predicted octanol–water partition coefficient (Wildman–Crippen LogP) is 11.0. The van der Waals surface area contributed by atoms with Crippen LogP contribution in [0.4, 0.5) is 52.7 Å². The average Bonchev–Trinajstić information content (AvgIpc) is 4.16. The van der Waals surface area contributed by atoms with Crippen LogP contribution in [0.3, 0.4) is 0 Å². The fraction of sp³-hybridized carbons (Fsp3) is 0.222. The van der Waals surface area contributed by atoms with Gasteiger partial charge in [0.1, 0.15) is 10.8 Å². The SMILES string of the molecule is OC1CCn2c3c(C(F)(F)F)c(C(F)(F)F)c2C1(c1ccccc1)c1ccc([nH]1)C1(c2ccccc2)c2c(C(F)(F)F)c(C(F)(F)F)c(n2CCC1O)C(c1ccccc1)=c1ccc([nH]1)=C3c1ccccc1. The number of hydrogen-bond donors (Lipinski definition) is 4. The number of aliphatic hydroxyl groups is 2. The van der Waals surface area contributed by atoms with Crippen LogP contribution < -0.4 is 10.7 Å². The van der Waals surface area contributed by atoms with Gasteiger partial charge < -0.3 is 29.3 Å². The van der Waals surface area contributed by atoms with Gasteiger partial charge >= 0.3 is 24.7 Å². The molecule has 7 heterocycles. The molecule has 4 aromatic heterocycles. The van der Waals surface area contributed by atoms with Crippen molar-refractivity contribution in [1.82, 2.24) is 19.1 Å². The van der Waals surface area contributed by atoms with E-state index < -0.39 is 141 Å². The molecule has 0 aliphatic carbocycles. The molecule has 4 unspecified atom stereocenters. The third-order valence-electron chi connectivity index (χ3n) is 14.5. The van der Waals surface area contributed by atoms with Crippen LogP contribution in [-0.4, -0.2) is 41.5 Å². The van der Waals surface area contributed by atoms with Crippen molar-refractivity contribution >= 4 is 11.1 Å². The smallest absolute Gasteiger partial charge is 0.391 e. The topological polar surface area (TPSA) is 81.9 Å². The van der Waals surface area contributed by atoms with E-state index >= 15 is 52.7 Å².